The van der Waals surface area contributed by atoms with Gasteiger partial charge in [-0.1, -0.05) is 42.5 Å². The summed E-state index contributed by atoms with van der Waals surface area (Å²) in [6.07, 6.45) is 9.19. The first-order valence-corrected chi connectivity index (χ1v) is 20.4. The minimum atomic E-state index is 0.394. The number of piperazine rings is 1. The normalized spacial score (nSPS) is 18.6. The number of rotatable bonds is 15. The number of pyridine rings is 2. The second-order valence-corrected chi connectivity index (χ2v) is 16.3. The van der Waals surface area contributed by atoms with Crippen molar-refractivity contribution < 1.29 is 0 Å². The Labute approximate surface area is 324 Å². The number of unbranched alkanes of at least 4 members (excludes halogenated alkanes) is 1. The maximum absolute atomic E-state index is 5.95. The van der Waals surface area contributed by atoms with Crippen LogP contribution in [0.5, 0.6) is 0 Å². The van der Waals surface area contributed by atoms with Crippen molar-refractivity contribution in [1.82, 2.24) is 35.7 Å². The quantitative estimate of drug-likeness (QED) is 0.129. The van der Waals surface area contributed by atoms with Crippen molar-refractivity contribution in [3.05, 3.63) is 122 Å². The zero-order valence-electron chi connectivity index (χ0n) is 33.3. The summed E-state index contributed by atoms with van der Waals surface area (Å²) >= 11 is 0. The molecule has 288 valence electrons. The summed E-state index contributed by atoms with van der Waals surface area (Å²) in [4.78, 5) is 17.6. The van der Waals surface area contributed by atoms with Crippen LogP contribution in [0.3, 0.4) is 0 Å². The van der Waals surface area contributed by atoms with E-state index in [9.17, 15) is 0 Å². The van der Waals surface area contributed by atoms with E-state index < -0.39 is 0 Å². The average molecular weight is 730 g/mol. The molecule has 0 saturated carbocycles. The number of hydrogen-bond donors (Lipinski definition) is 4. The van der Waals surface area contributed by atoms with Crippen LogP contribution in [0.25, 0.3) is 0 Å². The predicted molar refractivity (Wildman–Crippen MR) is 222 cm³/mol. The first kappa shape index (κ1) is 38.6. The van der Waals surface area contributed by atoms with Crippen LogP contribution in [-0.2, 0) is 45.4 Å². The van der Waals surface area contributed by atoms with E-state index >= 15 is 0 Å². The fourth-order valence-electron chi connectivity index (χ4n) is 8.83. The van der Waals surface area contributed by atoms with Crippen LogP contribution < -0.4 is 26.6 Å². The molecule has 9 heteroatoms. The molecule has 2 aromatic carbocycles. The Morgan fingerprint density at radius 2 is 1.52 bits per heavy atom. The van der Waals surface area contributed by atoms with E-state index in [-0.39, 0.29) is 0 Å². The van der Waals surface area contributed by atoms with Crippen molar-refractivity contribution in [2.45, 2.75) is 91.1 Å². The topological polar surface area (TPSA) is 97.6 Å². The molecule has 0 bridgehead atoms. The Balaban J connectivity index is 1.09. The lowest BCUT2D eigenvalue weighted by atomic mass is 9.89. The van der Waals surface area contributed by atoms with Gasteiger partial charge in [-0.05, 0) is 129 Å². The van der Waals surface area contributed by atoms with E-state index in [2.05, 4.69) is 113 Å². The van der Waals surface area contributed by atoms with E-state index in [1.807, 2.05) is 6.20 Å². The van der Waals surface area contributed by atoms with Gasteiger partial charge in [0.25, 0.3) is 0 Å². The zero-order chi connectivity index (χ0) is 37.4. The van der Waals surface area contributed by atoms with Crippen LogP contribution in [0.2, 0.25) is 0 Å². The van der Waals surface area contributed by atoms with Crippen LogP contribution in [0, 0.1) is 20.8 Å². The van der Waals surface area contributed by atoms with Gasteiger partial charge >= 0.3 is 0 Å². The Kier molecular flexibility index (Phi) is 13.1. The van der Waals surface area contributed by atoms with E-state index in [1.165, 1.54) is 67.1 Å². The van der Waals surface area contributed by atoms with Gasteiger partial charge in [0, 0.05) is 95.6 Å². The lowest BCUT2D eigenvalue weighted by Crippen LogP contribution is -2.46. The molecule has 54 heavy (non-hydrogen) atoms. The van der Waals surface area contributed by atoms with E-state index in [0.717, 1.165) is 111 Å². The number of benzene rings is 2. The summed E-state index contributed by atoms with van der Waals surface area (Å²) in [5, 5.41) is 11.3. The van der Waals surface area contributed by atoms with Crippen LogP contribution in [-0.4, -0.2) is 91.3 Å². The molecular weight excluding hydrogens is 667 g/mol. The Morgan fingerprint density at radius 3 is 2.30 bits per heavy atom. The number of nitrogens with one attached hydrogen (secondary N) is 3. The Bertz CT molecular complexity index is 1850. The van der Waals surface area contributed by atoms with Crippen molar-refractivity contribution in [2.24, 2.45) is 5.73 Å². The standard InChI is InChI=1S/C45H63N9/c1-32-17-34(3)43(50-24-32)30-52(4)28-41-23-42-39(27-49-41)20-35(21-45(42)54-15-12-47-13-16-54)19-38-18-33(2)25-51-44(38)31-53(14-8-7-11-46)29-40-22-36-9-5-6-10-37(36)26-48-40/h5-6,9-10,17-18,20-21,24-25,40-41,47-49H,7-8,11-16,19,22-23,26-31,46H2,1-4H3/t40-,41-/m1/s1. The summed E-state index contributed by atoms with van der Waals surface area (Å²) in [6.45, 7) is 17.9. The maximum Gasteiger partial charge on any atom is 0.0579 e. The number of fused-ring (bicyclic) bond motifs is 2. The highest BCUT2D eigenvalue weighted by Crippen LogP contribution is 2.32. The van der Waals surface area contributed by atoms with Gasteiger partial charge in [0.05, 0.1) is 11.4 Å². The molecule has 0 spiro atoms. The molecule has 4 aromatic rings. The molecule has 9 nitrogen and oxygen atoms in total. The van der Waals surface area contributed by atoms with Crippen molar-refractivity contribution >= 4 is 5.69 Å². The molecule has 1 saturated heterocycles. The van der Waals surface area contributed by atoms with Crippen LogP contribution in [0.15, 0.2) is 60.9 Å². The predicted octanol–water partition coefficient (Wildman–Crippen LogP) is 4.80. The van der Waals surface area contributed by atoms with E-state index in [1.54, 1.807) is 0 Å². The molecule has 0 amide bonds. The molecule has 0 unspecified atom stereocenters. The number of nitrogens with two attached hydrogens (primary N) is 1. The third-order valence-corrected chi connectivity index (χ3v) is 11.7. The fraction of sp³-hybridized carbons (Fsp3) is 0.511. The fourth-order valence-corrected chi connectivity index (χ4v) is 8.83. The lowest BCUT2D eigenvalue weighted by molar-refractivity contribution is 0.222. The highest BCUT2D eigenvalue weighted by Gasteiger charge is 2.27. The first-order chi connectivity index (χ1) is 26.3. The number of aromatic nitrogens is 2. The van der Waals surface area contributed by atoms with Crippen LogP contribution >= 0.6 is 0 Å². The largest absolute Gasteiger partial charge is 0.369 e. The molecule has 3 aliphatic rings. The summed E-state index contributed by atoms with van der Waals surface area (Å²) in [7, 11) is 2.23. The molecule has 7 rings (SSSR count). The number of hydrogen-bond acceptors (Lipinski definition) is 9. The molecule has 0 aliphatic carbocycles. The van der Waals surface area contributed by atoms with E-state index in [4.69, 9.17) is 15.7 Å². The first-order valence-electron chi connectivity index (χ1n) is 20.4. The van der Waals surface area contributed by atoms with Crippen molar-refractivity contribution in [2.75, 3.05) is 64.3 Å². The Hall–Kier alpha value is -3.70. The highest BCUT2D eigenvalue weighted by atomic mass is 15.2. The molecule has 5 N–H and O–H groups in total. The van der Waals surface area contributed by atoms with Gasteiger partial charge in [-0.3, -0.25) is 19.8 Å². The van der Waals surface area contributed by atoms with Crippen LogP contribution in [0.1, 0.15) is 74.3 Å². The molecule has 0 radical (unpaired) electrons. The SMILES string of the molecule is Cc1cnc(CN(C)C[C@H]2Cc3c(cc(Cc4cc(C)cnc4CN(CCCCN)C[C@H]4Cc5ccccc5CN4)cc3N3CCNCC3)CN2)c(C)c1. The van der Waals surface area contributed by atoms with Gasteiger partial charge in [0.2, 0.25) is 0 Å². The number of likely N-dealkylation sites (N-methyl/N-ethyl adjacent to an activating group) is 1. The van der Waals surface area contributed by atoms with Crippen molar-refractivity contribution in [1.29, 1.82) is 0 Å². The molecule has 5 heterocycles. The third-order valence-electron chi connectivity index (χ3n) is 11.7. The minimum Gasteiger partial charge on any atom is -0.369 e. The van der Waals surface area contributed by atoms with Gasteiger partial charge in [-0.25, -0.2) is 0 Å². The maximum atomic E-state index is 5.95. The number of anilines is 1. The molecular formula is C45H63N9. The van der Waals surface area contributed by atoms with Gasteiger partial charge in [-0.15, -0.1) is 0 Å². The van der Waals surface area contributed by atoms with Crippen molar-refractivity contribution in [3.8, 4) is 0 Å². The Morgan fingerprint density at radius 1 is 0.796 bits per heavy atom. The monoisotopic (exact) mass is 730 g/mol. The smallest absolute Gasteiger partial charge is 0.0579 e. The van der Waals surface area contributed by atoms with Gasteiger partial charge in [0.15, 0.2) is 0 Å². The molecule has 1 fully saturated rings. The van der Waals surface area contributed by atoms with Gasteiger partial charge < -0.3 is 26.6 Å². The molecule has 3 aliphatic heterocycles. The second kappa shape index (κ2) is 18.3. The van der Waals surface area contributed by atoms with Gasteiger partial charge in [0.1, 0.15) is 0 Å². The van der Waals surface area contributed by atoms with Gasteiger partial charge in [-0.2, -0.15) is 0 Å². The highest BCUT2D eigenvalue weighted by molar-refractivity contribution is 5.61. The van der Waals surface area contributed by atoms with Crippen molar-refractivity contribution in [3.63, 3.8) is 0 Å². The summed E-state index contributed by atoms with van der Waals surface area (Å²) < 4.78 is 0. The molecule has 2 aromatic heterocycles. The summed E-state index contributed by atoms with van der Waals surface area (Å²) in [6, 6.07) is 19.3. The zero-order valence-corrected chi connectivity index (χ0v) is 33.3. The summed E-state index contributed by atoms with van der Waals surface area (Å²) in [5.41, 5.74) is 22.1. The number of aryl methyl sites for hydroxylation is 3. The lowest BCUT2D eigenvalue weighted by Gasteiger charge is -2.36. The summed E-state index contributed by atoms with van der Waals surface area (Å²) in [5.74, 6) is 0. The molecule has 2 atom stereocenters. The van der Waals surface area contributed by atoms with Crippen LogP contribution in [0.4, 0.5) is 5.69 Å². The minimum absolute atomic E-state index is 0.394. The second-order valence-electron chi connectivity index (χ2n) is 16.3. The van der Waals surface area contributed by atoms with E-state index in [0.29, 0.717) is 12.1 Å². The average Bonchev–Trinajstić information content (AvgIpc) is 3.17. The number of nitrogens with zero attached hydrogens (tertiary/aromatic N) is 5. The third kappa shape index (κ3) is 9.93.